The van der Waals surface area contributed by atoms with Crippen LogP contribution in [0.5, 0.6) is 0 Å². The average Bonchev–Trinajstić information content (AvgIpc) is 3.28. The number of alkyl halides is 3. The highest BCUT2D eigenvalue weighted by molar-refractivity contribution is 7.16. The fourth-order valence-electron chi connectivity index (χ4n) is 2.10. The molecule has 0 aliphatic carbocycles. The van der Waals surface area contributed by atoms with E-state index in [2.05, 4.69) is 30.4 Å². The maximum absolute atomic E-state index is 13.2. The molecule has 128 valence electrons. The molecule has 0 bridgehead atoms. The van der Waals surface area contributed by atoms with Crippen molar-refractivity contribution in [2.45, 2.75) is 18.2 Å². The van der Waals surface area contributed by atoms with Gasteiger partial charge in [0.1, 0.15) is 10.7 Å². The number of pyridine rings is 1. The van der Waals surface area contributed by atoms with E-state index in [4.69, 9.17) is 16.1 Å². The fraction of sp³-hybridized carbons (Fsp3) is 0.231. The van der Waals surface area contributed by atoms with Crippen LogP contribution in [0.4, 0.5) is 8.78 Å². The van der Waals surface area contributed by atoms with E-state index in [1.165, 1.54) is 0 Å². The van der Waals surface area contributed by atoms with E-state index in [1.54, 1.807) is 18.3 Å². The van der Waals surface area contributed by atoms with Crippen LogP contribution in [-0.2, 0) is 18.2 Å². The number of hydrogen-bond acceptors (Lipinski definition) is 8. The molecule has 0 saturated heterocycles. The topological polar surface area (TPSA) is 94.9 Å². The van der Waals surface area contributed by atoms with Gasteiger partial charge in [-0.3, -0.25) is 4.98 Å². The molecule has 0 saturated carbocycles. The molecule has 25 heavy (non-hydrogen) atoms. The molecule has 0 aliphatic heterocycles. The molecule has 12 heteroatoms. The quantitative estimate of drug-likeness (QED) is 0.489. The number of aromatic nitrogens is 7. The van der Waals surface area contributed by atoms with Crippen molar-refractivity contribution in [2.24, 2.45) is 0 Å². The zero-order valence-corrected chi connectivity index (χ0v) is 13.9. The Bertz CT molecular complexity index is 1010. The zero-order valence-electron chi connectivity index (χ0n) is 12.3. The second-order valence-corrected chi connectivity index (χ2v) is 6.45. The van der Waals surface area contributed by atoms with Gasteiger partial charge in [-0.1, -0.05) is 22.6 Å². The lowest BCUT2D eigenvalue weighted by molar-refractivity contribution is 0.0820. The van der Waals surface area contributed by atoms with Gasteiger partial charge in [0.25, 0.3) is 0 Å². The first-order chi connectivity index (χ1) is 12.0. The van der Waals surface area contributed by atoms with Gasteiger partial charge >= 0.3 is 5.38 Å². The molecule has 0 radical (unpaired) electrons. The molecule has 0 spiro atoms. The number of rotatable bonds is 5. The van der Waals surface area contributed by atoms with Crippen molar-refractivity contribution < 1.29 is 13.3 Å². The van der Waals surface area contributed by atoms with Crippen LogP contribution in [0, 0.1) is 0 Å². The lowest BCUT2D eigenvalue weighted by Crippen LogP contribution is -2.10. The Morgan fingerprint density at radius 3 is 2.88 bits per heavy atom. The van der Waals surface area contributed by atoms with E-state index >= 15 is 0 Å². The van der Waals surface area contributed by atoms with Crippen molar-refractivity contribution in [3.05, 3.63) is 41.1 Å². The van der Waals surface area contributed by atoms with E-state index in [0.29, 0.717) is 35.3 Å². The van der Waals surface area contributed by atoms with Crippen LogP contribution in [0.15, 0.2) is 28.9 Å². The predicted molar refractivity (Wildman–Crippen MR) is 83.3 cm³/mol. The summed E-state index contributed by atoms with van der Waals surface area (Å²) in [4.78, 5) is 8.63. The minimum atomic E-state index is -3.63. The molecular formula is C13H8ClF2N7OS. The molecule has 4 heterocycles. The maximum Gasteiger partial charge on any atom is 0.383 e. The van der Waals surface area contributed by atoms with E-state index in [1.807, 2.05) is 6.07 Å². The van der Waals surface area contributed by atoms with Gasteiger partial charge in [-0.15, -0.1) is 10.2 Å². The molecule has 4 aromatic heterocycles. The van der Waals surface area contributed by atoms with Gasteiger partial charge in [-0.05, 0) is 23.7 Å². The van der Waals surface area contributed by atoms with Crippen LogP contribution in [0.3, 0.4) is 0 Å². The zero-order chi connectivity index (χ0) is 17.4. The standard InChI is InChI=1S/C13H8ClF2N7OS/c14-13(15,16)11-19-20-12-23(11)21-9(25-12)5-4-8-18-10(22-24-8)7-3-1-2-6-17-7/h1-3,6H,4-5H2. The van der Waals surface area contributed by atoms with Crippen LogP contribution in [0.1, 0.15) is 16.7 Å². The second-order valence-electron chi connectivity index (χ2n) is 4.94. The van der Waals surface area contributed by atoms with E-state index in [0.717, 1.165) is 15.9 Å². The summed E-state index contributed by atoms with van der Waals surface area (Å²) in [7, 11) is 0. The van der Waals surface area contributed by atoms with Gasteiger partial charge in [0, 0.05) is 19.0 Å². The third-order valence-corrected chi connectivity index (χ3v) is 4.33. The Kier molecular flexibility index (Phi) is 3.88. The molecule has 8 nitrogen and oxygen atoms in total. The molecule has 4 aromatic rings. The average molecular weight is 384 g/mol. The summed E-state index contributed by atoms with van der Waals surface area (Å²) < 4.78 is 32.5. The van der Waals surface area contributed by atoms with Gasteiger partial charge in [-0.2, -0.15) is 23.4 Å². The van der Waals surface area contributed by atoms with Gasteiger partial charge in [-0.25, -0.2) is 0 Å². The summed E-state index contributed by atoms with van der Waals surface area (Å²) >= 11 is 6.13. The minimum absolute atomic E-state index is 0.241. The third-order valence-electron chi connectivity index (χ3n) is 3.20. The smallest absolute Gasteiger partial charge is 0.339 e. The molecule has 0 aliphatic rings. The molecule has 0 atom stereocenters. The van der Waals surface area contributed by atoms with Crippen LogP contribution in [0.25, 0.3) is 16.5 Å². The first-order valence-electron chi connectivity index (χ1n) is 7.03. The number of hydrogen-bond donors (Lipinski definition) is 0. The Balaban J connectivity index is 1.49. The Labute approximate surface area is 147 Å². The Morgan fingerprint density at radius 1 is 1.24 bits per heavy atom. The van der Waals surface area contributed by atoms with Gasteiger partial charge in [0.2, 0.25) is 22.5 Å². The lowest BCUT2D eigenvalue weighted by Gasteiger charge is -2.01. The third kappa shape index (κ3) is 3.20. The van der Waals surface area contributed by atoms with Crippen molar-refractivity contribution in [1.82, 2.24) is 34.9 Å². The van der Waals surface area contributed by atoms with Crippen LogP contribution in [-0.4, -0.2) is 34.9 Å². The molecule has 0 amide bonds. The van der Waals surface area contributed by atoms with E-state index < -0.39 is 11.2 Å². The first-order valence-corrected chi connectivity index (χ1v) is 8.22. The summed E-state index contributed by atoms with van der Waals surface area (Å²) in [5.41, 5.74) is 0.602. The fourth-order valence-corrected chi connectivity index (χ4v) is 3.05. The lowest BCUT2D eigenvalue weighted by atomic mass is 10.3. The van der Waals surface area contributed by atoms with Crippen LogP contribution in [0.2, 0.25) is 0 Å². The van der Waals surface area contributed by atoms with E-state index in [9.17, 15) is 8.78 Å². The van der Waals surface area contributed by atoms with Gasteiger partial charge in [0.15, 0.2) is 0 Å². The van der Waals surface area contributed by atoms with Crippen molar-refractivity contribution >= 4 is 27.9 Å². The number of halogens is 3. The van der Waals surface area contributed by atoms with Crippen molar-refractivity contribution in [1.29, 1.82) is 0 Å². The molecule has 0 aromatic carbocycles. The van der Waals surface area contributed by atoms with Crippen LogP contribution >= 0.6 is 22.9 Å². The first kappa shape index (κ1) is 16.0. The SMILES string of the molecule is FC(F)(Cl)c1nnc2sc(CCc3nc(-c4ccccn4)no3)nn12. The molecule has 0 fully saturated rings. The van der Waals surface area contributed by atoms with Crippen molar-refractivity contribution in [3.63, 3.8) is 0 Å². The molecule has 0 unspecified atom stereocenters. The summed E-state index contributed by atoms with van der Waals surface area (Å²) in [5, 5.41) is 11.9. The number of nitrogens with zero attached hydrogens (tertiary/aromatic N) is 7. The number of fused-ring (bicyclic) bond motifs is 1. The summed E-state index contributed by atoms with van der Waals surface area (Å²) in [6.07, 6.45) is 2.46. The molecular weight excluding hydrogens is 376 g/mol. The molecule has 0 N–H and O–H groups in total. The predicted octanol–water partition coefficient (Wildman–Crippen LogP) is 2.70. The maximum atomic E-state index is 13.2. The highest BCUT2D eigenvalue weighted by Gasteiger charge is 2.35. The van der Waals surface area contributed by atoms with Gasteiger partial charge < -0.3 is 4.52 Å². The highest BCUT2D eigenvalue weighted by atomic mass is 35.5. The normalized spacial score (nSPS) is 12.1. The highest BCUT2D eigenvalue weighted by Crippen LogP contribution is 2.31. The van der Waals surface area contributed by atoms with Crippen LogP contribution < -0.4 is 0 Å². The van der Waals surface area contributed by atoms with E-state index in [-0.39, 0.29) is 4.96 Å². The second kappa shape index (κ2) is 6.08. The van der Waals surface area contributed by atoms with Gasteiger partial charge in [0.05, 0.1) is 0 Å². The van der Waals surface area contributed by atoms with Crippen molar-refractivity contribution in [2.75, 3.05) is 0 Å². The monoisotopic (exact) mass is 383 g/mol. The number of aryl methyl sites for hydroxylation is 2. The van der Waals surface area contributed by atoms with Crippen molar-refractivity contribution in [3.8, 4) is 11.5 Å². The minimum Gasteiger partial charge on any atom is -0.339 e. The summed E-state index contributed by atoms with van der Waals surface area (Å²) in [5.74, 6) is 0.0780. The summed E-state index contributed by atoms with van der Waals surface area (Å²) in [6, 6.07) is 5.38. The Morgan fingerprint density at radius 2 is 2.12 bits per heavy atom. The summed E-state index contributed by atoms with van der Waals surface area (Å²) in [6.45, 7) is 0. The largest absolute Gasteiger partial charge is 0.383 e. The Hall–Kier alpha value is -2.53. The molecule has 4 rings (SSSR count).